The molecule has 0 aliphatic rings. The lowest BCUT2D eigenvalue weighted by Gasteiger charge is -2.18. The van der Waals surface area contributed by atoms with E-state index in [4.69, 9.17) is 0 Å². The number of carbonyl (C=O) groups is 2. The van der Waals surface area contributed by atoms with Crippen molar-refractivity contribution in [3.8, 4) is 0 Å². The van der Waals surface area contributed by atoms with Crippen molar-refractivity contribution in [2.24, 2.45) is 0 Å². The van der Waals surface area contributed by atoms with Crippen molar-refractivity contribution in [2.45, 2.75) is 32.9 Å². The summed E-state index contributed by atoms with van der Waals surface area (Å²) in [7, 11) is 0. The quantitative estimate of drug-likeness (QED) is 0.647. The van der Waals surface area contributed by atoms with Gasteiger partial charge in [-0.2, -0.15) is 11.8 Å². The molecule has 0 spiro atoms. The Morgan fingerprint density at radius 3 is 2.52 bits per heavy atom. The molecule has 0 saturated heterocycles. The minimum absolute atomic E-state index is 0.122. The van der Waals surface area contributed by atoms with Crippen molar-refractivity contribution < 1.29 is 9.59 Å². The molecular formula is C20H25N3O3S. The highest BCUT2D eigenvalue weighted by Gasteiger charge is 2.21. The molecule has 0 saturated carbocycles. The zero-order valence-corrected chi connectivity index (χ0v) is 16.6. The second-order valence-corrected chi connectivity index (χ2v) is 7.32. The van der Waals surface area contributed by atoms with E-state index in [0.29, 0.717) is 17.5 Å². The first-order valence-corrected chi connectivity index (χ1v) is 10.1. The van der Waals surface area contributed by atoms with Gasteiger partial charge in [0.05, 0.1) is 0 Å². The van der Waals surface area contributed by atoms with Crippen LogP contribution in [0.4, 0.5) is 0 Å². The summed E-state index contributed by atoms with van der Waals surface area (Å²) in [5.41, 5.74) is 2.42. The summed E-state index contributed by atoms with van der Waals surface area (Å²) < 4.78 is 0. The zero-order chi connectivity index (χ0) is 19.8. The molecule has 6 nitrogen and oxygen atoms in total. The molecule has 2 aromatic rings. The van der Waals surface area contributed by atoms with Crippen molar-refractivity contribution in [3.63, 3.8) is 0 Å². The molecule has 27 heavy (non-hydrogen) atoms. The van der Waals surface area contributed by atoms with E-state index in [-0.39, 0.29) is 23.9 Å². The van der Waals surface area contributed by atoms with Crippen LogP contribution in [0.5, 0.6) is 0 Å². The van der Waals surface area contributed by atoms with Gasteiger partial charge in [-0.15, -0.1) is 0 Å². The molecule has 1 aromatic carbocycles. The number of nitrogens with one attached hydrogen (secondary N) is 3. The van der Waals surface area contributed by atoms with Gasteiger partial charge in [-0.25, -0.2) is 0 Å². The van der Waals surface area contributed by atoms with Crippen LogP contribution >= 0.6 is 11.8 Å². The highest BCUT2D eigenvalue weighted by Crippen LogP contribution is 2.06. The van der Waals surface area contributed by atoms with Crippen LogP contribution in [0.1, 0.15) is 33.6 Å². The van der Waals surface area contributed by atoms with Crippen LogP contribution in [0.2, 0.25) is 0 Å². The number of aryl methyl sites for hydroxylation is 2. The van der Waals surface area contributed by atoms with Crippen LogP contribution in [0.15, 0.2) is 41.2 Å². The van der Waals surface area contributed by atoms with Crippen LogP contribution in [0.25, 0.3) is 0 Å². The third kappa shape index (κ3) is 5.99. The van der Waals surface area contributed by atoms with E-state index >= 15 is 0 Å². The molecule has 0 unspecified atom stereocenters. The Bertz CT molecular complexity index is 849. The first-order chi connectivity index (χ1) is 12.9. The van der Waals surface area contributed by atoms with Gasteiger partial charge >= 0.3 is 0 Å². The number of aromatic amines is 1. The minimum Gasteiger partial charge on any atom is -0.350 e. The molecule has 2 rings (SSSR count). The molecule has 0 aliphatic heterocycles. The second kappa shape index (κ2) is 9.97. The number of hydrogen-bond acceptors (Lipinski definition) is 4. The average molecular weight is 388 g/mol. The van der Waals surface area contributed by atoms with Gasteiger partial charge in [-0.05, 0) is 56.0 Å². The van der Waals surface area contributed by atoms with Crippen molar-refractivity contribution in [3.05, 3.63) is 69.1 Å². The molecule has 0 aliphatic carbocycles. The predicted molar refractivity (Wildman–Crippen MR) is 109 cm³/mol. The van der Waals surface area contributed by atoms with E-state index in [1.165, 1.54) is 0 Å². The topological polar surface area (TPSA) is 91.1 Å². The maximum Gasteiger partial charge on any atom is 0.253 e. The van der Waals surface area contributed by atoms with Crippen molar-refractivity contribution in [2.75, 3.05) is 12.0 Å². The van der Waals surface area contributed by atoms with Crippen LogP contribution in [-0.2, 0) is 11.3 Å². The second-order valence-electron chi connectivity index (χ2n) is 6.33. The number of H-pyrrole nitrogens is 1. The Morgan fingerprint density at radius 2 is 1.89 bits per heavy atom. The van der Waals surface area contributed by atoms with E-state index < -0.39 is 6.04 Å². The van der Waals surface area contributed by atoms with Gasteiger partial charge in [0.1, 0.15) is 6.04 Å². The lowest BCUT2D eigenvalue weighted by molar-refractivity contribution is -0.123. The third-order valence-electron chi connectivity index (χ3n) is 4.20. The summed E-state index contributed by atoms with van der Waals surface area (Å²) in [4.78, 5) is 39.9. The van der Waals surface area contributed by atoms with Gasteiger partial charge in [-0.1, -0.05) is 18.2 Å². The molecule has 3 N–H and O–H groups in total. The Kier molecular flexibility index (Phi) is 7.67. The number of pyridine rings is 1. The molecule has 2 amide bonds. The van der Waals surface area contributed by atoms with Crippen LogP contribution in [0.3, 0.4) is 0 Å². The summed E-state index contributed by atoms with van der Waals surface area (Å²) >= 11 is 1.60. The fourth-order valence-electron chi connectivity index (χ4n) is 2.74. The molecule has 7 heteroatoms. The summed E-state index contributed by atoms with van der Waals surface area (Å²) in [6.07, 6.45) is 2.46. The van der Waals surface area contributed by atoms with Gasteiger partial charge in [0, 0.05) is 23.4 Å². The Hall–Kier alpha value is -2.54. The summed E-state index contributed by atoms with van der Waals surface area (Å²) in [6, 6.07) is 10.00. The standard InChI is InChI=1S/C20H25N3O3S/c1-13-11-14(2)22-19(25)16(13)12-21-20(26)17(9-10-27-3)23-18(24)15-7-5-4-6-8-15/h4-8,11,17H,9-10,12H2,1-3H3,(H,21,26)(H,22,25)(H,23,24)/t17-/m0/s1. The van der Waals surface area contributed by atoms with Crippen LogP contribution in [0, 0.1) is 13.8 Å². The maximum atomic E-state index is 12.6. The van der Waals surface area contributed by atoms with Gasteiger partial charge in [0.25, 0.3) is 11.5 Å². The number of amides is 2. The SMILES string of the molecule is CSCC[C@H](NC(=O)c1ccccc1)C(=O)NCc1c(C)cc(C)[nH]c1=O. The van der Waals surface area contributed by atoms with Gasteiger partial charge in [0.15, 0.2) is 0 Å². The fourth-order valence-corrected chi connectivity index (χ4v) is 3.21. The Labute approximate surface area is 163 Å². The Balaban J connectivity index is 2.06. The minimum atomic E-state index is -0.657. The summed E-state index contributed by atoms with van der Waals surface area (Å²) in [5, 5.41) is 5.58. The molecule has 1 atom stereocenters. The summed E-state index contributed by atoms with van der Waals surface area (Å²) in [5.74, 6) is 0.144. The fraction of sp³-hybridized carbons (Fsp3) is 0.350. The molecule has 0 bridgehead atoms. The van der Waals surface area contributed by atoms with Crippen molar-refractivity contribution >= 4 is 23.6 Å². The summed E-state index contributed by atoms with van der Waals surface area (Å²) in [6.45, 7) is 3.78. The first-order valence-electron chi connectivity index (χ1n) is 8.74. The number of thioether (sulfide) groups is 1. The number of aromatic nitrogens is 1. The zero-order valence-electron chi connectivity index (χ0n) is 15.8. The maximum absolute atomic E-state index is 12.6. The van der Waals surface area contributed by atoms with E-state index in [0.717, 1.165) is 17.0 Å². The lowest BCUT2D eigenvalue weighted by Crippen LogP contribution is -2.47. The van der Waals surface area contributed by atoms with Gasteiger partial charge in [-0.3, -0.25) is 14.4 Å². The highest BCUT2D eigenvalue weighted by molar-refractivity contribution is 7.98. The van der Waals surface area contributed by atoms with E-state index in [1.54, 1.807) is 36.0 Å². The number of hydrogen-bond donors (Lipinski definition) is 3. The number of carbonyl (C=O) groups excluding carboxylic acids is 2. The van der Waals surface area contributed by atoms with Crippen molar-refractivity contribution in [1.82, 2.24) is 15.6 Å². The smallest absolute Gasteiger partial charge is 0.253 e. The molecule has 0 radical (unpaired) electrons. The van der Waals surface area contributed by atoms with Crippen LogP contribution in [-0.4, -0.2) is 34.8 Å². The van der Waals surface area contributed by atoms with E-state index in [9.17, 15) is 14.4 Å². The molecule has 1 aromatic heterocycles. The molecule has 144 valence electrons. The van der Waals surface area contributed by atoms with Gasteiger partial charge < -0.3 is 15.6 Å². The molecule has 0 fully saturated rings. The molecular weight excluding hydrogens is 362 g/mol. The monoisotopic (exact) mass is 387 g/mol. The number of rotatable bonds is 8. The normalized spacial score (nSPS) is 11.7. The average Bonchev–Trinajstić information content (AvgIpc) is 2.64. The first kappa shape index (κ1) is 20.8. The Morgan fingerprint density at radius 1 is 1.19 bits per heavy atom. The predicted octanol–water partition coefficient (Wildman–Crippen LogP) is 2.16. The highest BCUT2D eigenvalue weighted by atomic mass is 32.2. The molecule has 1 heterocycles. The van der Waals surface area contributed by atoms with Crippen LogP contribution < -0.4 is 16.2 Å². The van der Waals surface area contributed by atoms with E-state index in [2.05, 4.69) is 15.6 Å². The van der Waals surface area contributed by atoms with E-state index in [1.807, 2.05) is 32.2 Å². The van der Waals surface area contributed by atoms with Gasteiger partial charge in [0.2, 0.25) is 5.91 Å². The third-order valence-corrected chi connectivity index (χ3v) is 4.85. The lowest BCUT2D eigenvalue weighted by atomic mass is 10.1. The largest absolute Gasteiger partial charge is 0.350 e. The number of benzene rings is 1. The van der Waals surface area contributed by atoms with Crippen molar-refractivity contribution in [1.29, 1.82) is 0 Å².